The Morgan fingerprint density at radius 2 is 1.89 bits per heavy atom. The van der Waals surface area contributed by atoms with Crippen molar-refractivity contribution < 1.29 is 14.4 Å². The molecule has 1 N–H and O–H groups in total. The van der Waals surface area contributed by atoms with Crippen LogP contribution in [0.25, 0.3) is 22.2 Å². The number of phenolic OH excluding ortho intramolecular Hbond substituents is 1. The second-order valence-electron chi connectivity index (χ2n) is 3.95. The number of hydrogen-bond acceptors (Lipinski definition) is 4. The summed E-state index contributed by atoms with van der Waals surface area (Å²) < 4.78 is 5.29. The predicted molar refractivity (Wildman–Crippen MR) is 66.5 cm³/mol. The zero-order valence-corrected chi connectivity index (χ0v) is 9.33. The van der Waals surface area contributed by atoms with Crippen LogP contribution < -0.4 is 0 Å². The Morgan fingerprint density at radius 3 is 2.61 bits per heavy atom. The fourth-order valence-corrected chi connectivity index (χ4v) is 1.85. The number of aromatic nitrogens is 1. The first kappa shape index (κ1) is 10.5. The molecule has 0 atom stereocenters. The SMILES string of the molecule is O=Cc1ccc2noc(-c3ccc(O)cc3)c2c1. The number of fused-ring (bicyclic) bond motifs is 1. The van der Waals surface area contributed by atoms with Gasteiger partial charge in [0.05, 0.1) is 5.39 Å². The molecule has 0 unspecified atom stereocenters. The summed E-state index contributed by atoms with van der Waals surface area (Å²) in [7, 11) is 0. The Kier molecular flexibility index (Phi) is 2.34. The molecule has 0 aliphatic heterocycles. The summed E-state index contributed by atoms with van der Waals surface area (Å²) in [5.74, 6) is 0.782. The molecule has 3 rings (SSSR count). The minimum absolute atomic E-state index is 0.191. The first-order chi connectivity index (χ1) is 8.78. The van der Waals surface area contributed by atoms with Crippen molar-refractivity contribution in [2.45, 2.75) is 0 Å². The van der Waals surface area contributed by atoms with E-state index in [1.807, 2.05) is 0 Å². The Hall–Kier alpha value is -2.62. The highest BCUT2D eigenvalue weighted by molar-refractivity contribution is 5.95. The van der Waals surface area contributed by atoms with Crippen LogP contribution in [0.3, 0.4) is 0 Å². The van der Waals surface area contributed by atoms with E-state index in [0.29, 0.717) is 16.8 Å². The smallest absolute Gasteiger partial charge is 0.174 e. The topological polar surface area (TPSA) is 63.3 Å². The third-order valence-electron chi connectivity index (χ3n) is 2.77. The maximum Gasteiger partial charge on any atom is 0.174 e. The zero-order valence-electron chi connectivity index (χ0n) is 9.33. The molecule has 0 bridgehead atoms. The molecular weight excluding hydrogens is 230 g/mol. The van der Waals surface area contributed by atoms with Gasteiger partial charge in [-0.3, -0.25) is 4.79 Å². The second-order valence-corrected chi connectivity index (χ2v) is 3.95. The highest BCUT2D eigenvalue weighted by Gasteiger charge is 2.11. The van der Waals surface area contributed by atoms with Crippen LogP contribution >= 0.6 is 0 Å². The van der Waals surface area contributed by atoms with Crippen molar-refractivity contribution >= 4 is 17.2 Å². The third kappa shape index (κ3) is 1.64. The number of nitrogens with zero attached hydrogens (tertiary/aromatic N) is 1. The molecular formula is C14H9NO3. The van der Waals surface area contributed by atoms with Gasteiger partial charge in [-0.15, -0.1) is 0 Å². The van der Waals surface area contributed by atoms with E-state index in [0.717, 1.165) is 17.2 Å². The Labute approximate surface area is 102 Å². The van der Waals surface area contributed by atoms with E-state index in [-0.39, 0.29) is 5.75 Å². The molecule has 0 radical (unpaired) electrons. The van der Waals surface area contributed by atoms with Gasteiger partial charge in [-0.2, -0.15) is 0 Å². The van der Waals surface area contributed by atoms with Crippen molar-refractivity contribution in [1.29, 1.82) is 0 Å². The minimum atomic E-state index is 0.191. The number of benzene rings is 2. The lowest BCUT2D eigenvalue weighted by molar-refractivity contribution is 0.112. The standard InChI is InChI=1S/C14H9NO3/c16-8-9-1-6-13-12(7-9)14(18-15-13)10-2-4-11(17)5-3-10/h1-8,17H. The Morgan fingerprint density at radius 1 is 1.11 bits per heavy atom. The van der Waals surface area contributed by atoms with Crippen molar-refractivity contribution in [2.75, 3.05) is 0 Å². The van der Waals surface area contributed by atoms with E-state index in [2.05, 4.69) is 5.16 Å². The van der Waals surface area contributed by atoms with Crippen molar-refractivity contribution in [3.05, 3.63) is 48.0 Å². The van der Waals surface area contributed by atoms with E-state index in [9.17, 15) is 9.90 Å². The third-order valence-corrected chi connectivity index (χ3v) is 2.77. The molecule has 18 heavy (non-hydrogen) atoms. The highest BCUT2D eigenvalue weighted by Crippen LogP contribution is 2.29. The number of aldehydes is 1. The zero-order chi connectivity index (χ0) is 12.5. The van der Waals surface area contributed by atoms with Gasteiger partial charge in [0.25, 0.3) is 0 Å². The van der Waals surface area contributed by atoms with Crippen LogP contribution in [0.15, 0.2) is 47.0 Å². The number of phenols is 1. The number of aromatic hydroxyl groups is 1. The molecule has 2 aromatic carbocycles. The van der Waals surface area contributed by atoms with Crippen LogP contribution in [0.4, 0.5) is 0 Å². The summed E-state index contributed by atoms with van der Waals surface area (Å²) in [5, 5.41) is 14.0. The number of carbonyl (C=O) groups excluding carboxylic acids is 1. The normalized spacial score (nSPS) is 10.7. The Bertz CT molecular complexity index is 713. The maximum absolute atomic E-state index is 10.8. The lowest BCUT2D eigenvalue weighted by atomic mass is 10.1. The van der Waals surface area contributed by atoms with E-state index in [1.165, 1.54) is 0 Å². The van der Waals surface area contributed by atoms with Crippen LogP contribution in [-0.2, 0) is 0 Å². The average Bonchev–Trinajstić information content (AvgIpc) is 2.82. The van der Waals surface area contributed by atoms with Crippen LogP contribution in [0.2, 0.25) is 0 Å². The summed E-state index contributed by atoms with van der Waals surface area (Å²) in [6, 6.07) is 11.8. The molecule has 0 spiro atoms. The molecule has 0 saturated carbocycles. The van der Waals surface area contributed by atoms with Gasteiger partial charge >= 0.3 is 0 Å². The molecule has 0 amide bonds. The number of rotatable bonds is 2. The number of hydrogen-bond donors (Lipinski definition) is 1. The van der Waals surface area contributed by atoms with Crippen molar-refractivity contribution in [3.8, 4) is 17.1 Å². The van der Waals surface area contributed by atoms with Gasteiger partial charge in [-0.25, -0.2) is 0 Å². The fourth-order valence-electron chi connectivity index (χ4n) is 1.85. The molecule has 0 aliphatic rings. The molecule has 0 saturated heterocycles. The molecule has 1 aromatic heterocycles. The largest absolute Gasteiger partial charge is 0.508 e. The molecule has 88 valence electrons. The summed E-state index contributed by atoms with van der Waals surface area (Å²) in [6.45, 7) is 0. The predicted octanol–water partition coefficient (Wildman–Crippen LogP) is 3.01. The fraction of sp³-hybridized carbons (Fsp3) is 0. The maximum atomic E-state index is 10.8. The highest BCUT2D eigenvalue weighted by atomic mass is 16.5. The van der Waals surface area contributed by atoms with E-state index >= 15 is 0 Å². The molecule has 4 nitrogen and oxygen atoms in total. The van der Waals surface area contributed by atoms with Crippen molar-refractivity contribution in [3.63, 3.8) is 0 Å². The number of carbonyl (C=O) groups is 1. The van der Waals surface area contributed by atoms with Crippen molar-refractivity contribution in [1.82, 2.24) is 5.16 Å². The van der Waals surface area contributed by atoms with E-state index in [4.69, 9.17) is 4.52 Å². The van der Waals surface area contributed by atoms with E-state index < -0.39 is 0 Å². The van der Waals surface area contributed by atoms with Crippen LogP contribution in [0, 0.1) is 0 Å². The molecule has 4 heteroatoms. The summed E-state index contributed by atoms with van der Waals surface area (Å²) in [5.41, 5.74) is 2.08. The van der Waals surface area contributed by atoms with Gasteiger partial charge in [0.15, 0.2) is 5.76 Å². The van der Waals surface area contributed by atoms with Crippen molar-refractivity contribution in [2.24, 2.45) is 0 Å². The monoisotopic (exact) mass is 239 g/mol. The van der Waals surface area contributed by atoms with Crippen LogP contribution in [0.5, 0.6) is 5.75 Å². The van der Waals surface area contributed by atoms with E-state index in [1.54, 1.807) is 42.5 Å². The molecule has 1 heterocycles. The summed E-state index contributed by atoms with van der Waals surface area (Å²) >= 11 is 0. The summed E-state index contributed by atoms with van der Waals surface area (Å²) in [4.78, 5) is 10.8. The molecule has 0 aliphatic carbocycles. The van der Waals surface area contributed by atoms with Crippen LogP contribution in [-0.4, -0.2) is 16.5 Å². The van der Waals surface area contributed by atoms with Gasteiger partial charge in [-0.05, 0) is 42.5 Å². The van der Waals surface area contributed by atoms with Gasteiger partial charge in [-0.1, -0.05) is 5.16 Å². The first-order valence-corrected chi connectivity index (χ1v) is 5.42. The van der Waals surface area contributed by atoms with Gasteiger partial charge in [0.1, 0.15) is 17.6 Å². The quantitative estimate of drug-likeness (QED) is 0.698. The average molecular weight is 239 g/mol. The van der Waals surface area contributed by atoms with Crippen LogP contribution in [0.1, 0.15) is 10.4 Å². The molecule has 0 fully saturated rings. The van der Waals surface area contributed by atoms with Gasteiger partial charge < -0.3 is 9.63 Å². The second kappa shape index (κ2) is 4.00. The van der Waals surface area contributed by atoms with Gasteiger partial charge in [0.2, 0.25) is 0 Å². The minimum Gasteiger partial charge on any atom is -0.508 e. The lowest BCUT2D eigenvalue weighted by Crippen LogP contribution is -1.79. The molecule has 3 aromatic rings. The first-order valence-electron chi connectivity index (χ1n) is 5.42. The van der Waals surface area contributed by atoms with Gasteiger partial charge in [0, 0.05) is 11.1 Å². The lowest BCUT2D eigenvalue weighted by Gasteiger charge is -1.97. The Balaban J connectivity index is 2.22. The summed E-state index contributed by atoms with van der Waals surface area (Å²) in [6.07, 6.45) is 0.785.